The van der Waals surface area contributed by atoms with Gasteiger partial charge < -0.3 is 9.47 Å². The Bertz CT molecular complexity index is 1730. The van der Waals surface area contributed by atoms with Crippen LogP contribution in [0.1, 0.15) is 200 Å². The van der Waals surface area contributed by atoms with Crippen molar-refractivity contribution in [3.8, 4) is 41.8 Å². The summed E-state index contributed by atoms with van der Waals surface area (Å²) in [6, 6.07) is 17.6. The summed E-state index contributed by atoms with van der Waals surface area (Å²) in [7, 11) is 0. The van der Waals surface area contributed by atoms with E-state index in [4.69, 9.17) is 15.9 Å². The van der Waals surface area contributed by atoms with Gasteiger partial charge in [0, 0.05) is 34.2 Å². The van der Waals surface area contributed by atoms with Crippen molar-refractivity contribution in [1.29, 1.82) is 0 Å². The van der Waals surface area contributed by atoms with Crippen molar-refractivity contribution in [2.24, 2.45) is 0 Å². The summed E-state index contributed by atoms with van der Waals surface area (Å²) in [5, 5.41) is 0. The van der Waals surface area contributed by atoms with E-state index >= 15 is 0 Å². The molecular weight excluding hydrogens is 669 g/mol. The van der Waals surface area contributed by atoms with Gasteiger partial charge >= 0.3 is 0 Å². The van der Waals surface area contributed by atoms with E-state index in [9.17, 15) is 0 Å². The smallest absolute Gasteiger partial charge is 0.199 e. The molecule has 0 N–H and O–H groups in total. The molecule has 1 aliphatic rings. The van der Waals surface area contributed by atoms with Gasteiger partial charge in [0.2, 0.25) is 0 Å². The quantitative estimate of drug-likeness (QED) is 0.0755. The summed E-state index contributed by atoms with van der Waals surface area (Å²) in [5.74, 6) is 18.5. The first kappa shape index (κ1) is 43.8. The Morgan fingerprint density at radius 1 is 0.527 bits per heavy atom. The van der Waals surface area contributed by atoms with Crippen molar-refractivity contribution in [2.75, 3.05) is 6.61 Å². The molecule has 1 saturated heterocycles. The minimum Gasteiger partial charge on any atom is -0.465 e. The van der Waals surface area contributed by atoms with Crippen molar-refractivity contribution in [2.45, 2.75) is 182 Å². The first-order valence-corrected chi connectivity index (χ1v) is 22.3. The van der Waals surface area contributed by atoms with Crippen LogP contribution in [0.25, 0.3) is 0 Å². The Labute approximate surface area is 337 Å². The SMILES string of the molecule is C#Cc1cc(CCCCCC)c(C#Cc2cc(CCCCCC)c(C#Cc3ccc(OC4CCCCO4)cc3)cc2CCCCCC)cc1CCCCCC. The van der Waals surface area contributed by atoms with Crippen LogP contribution in [0.3, 0.4) is 0 Å². The Balaban J connectivity index is 1.71. The van der Waals surface area contributed by atoms with Gasteiger partial charge in [-0.3, -0.25) is 0 Å². The molecule has 3 aromatic carbocycles. The van der Waals surface area contributed by atoms with Gasteiger partial charge in [0.25, 0.3) is 0 Å². The van der Waals surface area contributed by atoms with Crippen LogP contribution in [0.2, 0.25) is 0 Å². The molecule has 0 radical (unpaired) electrons. The second-order valence-corrected chi connectivity index (χ2v) is 15.7. The van der Waals surface area contributed by atoms with Crippen LogP contribution in [0, 0.1) is 36.0 Å². The minimum absolute atomic E-state index is 0.143. The van der Waals surface area contributed by atoms with Gasteiger partial charge in [0.1, 0.15) is 5.75 Å². The topological polar surface area (TPSA) is 18.5 Å². The number of unbranched alkanes of at least 4 members (excludes halogenated alkanes) is 12. The molecule has 1 unspecified atom stereocenters. The van der Waals surface area contributed by atoms with Gasteiger partial charge in [0.05, 0.1) is 6.61 Å². The summed E-state index contributed by atoms with van der Waals surface area (Å²) >= 11 is 0. The average molecular weight is 739 g/mol. The lowest BCUT2D eigenvalue weighted by atomic mass is 9.91. The molecule has 1 aliphatic heterocycles. The fourth-order valence-electron chi connectivity index (χ4n) is 7.51. The fourth-order valence-corrected chi connectivity index (χ4v) is 7.51. The molecule has 0 amide bonds. The molecule has 4 rings (SSSR count). The van der Waals surface area contributed by atoms with Gasteiger partial charge in [-0.2, -0.15) is 0 Å². The van der Waals surface area contributed by atoms with Gasteiger partial charge in [-0.15, -0.1) is 6.42 Å². The van der Waals surface area contributed by atoms with E-state index < -0.39 is 0 Å². The molecule has 3 aromatic rings. The Morgan fingerprint density at radius 3 is 1.35 bits per heavy atom. The highest BCUT2D eigenvalue weighted by Crippen LogP contribution is 2.25. The van der Waals surface area contributed by atoms with E-state index in [-0.39, 0.29) is 6.29 Å². The highest BCUT2D eigenvalue weighted by Gasteiger charge is 2.15. The second kappa shape index (κ2) is 26.0. The molecule has 1 fully saturated rings. The summed E-state index contributed by atoms with van der Waals surface area (Å²) in [6.45, 7) is 9.88. The minimum atomic E-state index is -0.143. The molecule has 0 aromatic heterocycles. The first-order valence-electron chi connectivity index (χ1n) is 22.3. The monoisotopic (exact) mass is 739 g/mol. The third-order valence-corrected chi connectivity index (χ3v) is 10.9. The van der Waals surface area contributed by atoms with Gasteiger partial charge in [-0.1, -0.05) is 134 Å². The first-order chi connectivity index (χ1) is 27.1. The summed E-state index contributed by atoms with van der Waals surface area (Å²) in [6.07, 6.45) is 32.9. The largest absolute Gasteiger partial charge is 0.465 e. The third-order valence-electron chi connectivity index (χ3n) is 10.9. The Kier molecular flexibility index (Phi) is 20.8. The van der Waals surface area contributed by atoms with Gasteiger partial charge in [-0.05, 0) is 135 Å². The lowest BCUT2D eigenvalue weighted by molar-refractivity contribution is -0.105. The number of benzene rings is 3. The summed E-state index contributed by atoms with van der Waals surface area (Å²) in [5.41, 5.74) is 10.8. The van der Waals surface area contributed by atoms with E-state index in [1.165, 1.54) is 124 Å². The molecule has 2 nitrogen and oxygen atoms in total. The van der Waals surface area contributed by atoms with Crippen LogP contribution in [-0.4, -0.2) is 12.9 Å². The fraction of sp³-hybridized carbons (Fsp3) is 0.547. The highest BCUT2D eigenvalue weighted by atomic mass is 16.7. The molecule has 1 heterocycles. The summed E-state index contributed by atoms with van der Waals surface area (Å²) in [4.78, 5) is 0. The average Bonchev–Trinajstić information content (AvgIpc) is 3.21. The lowest BCUT2D eigenvalue weighted by Crippen LogP contribution is -2.24. The number of rotatable bonds is 22. The van der Waals surface area contributed by atoms with Crippen LogP contribution < -0.4 is 4.74 Å². The molecule has 0 spiro atoms. The molecule has 0 bridgehead atoms. The van der Waals surface area contributed by atoms with E-state index in [1.807, 2.05) is 12.1 Å². The van der Waals surface area contributed by atoms with Crippen molar-refractivity contribution in [1.82, 2.24) is 0 Å². The van der Waals surface area contributed by atoms with Crippen molar-refractivity contribution in [3.63, 3.8) is 0 Å². The van der Waals surface area contributed by atoms with Crippen molar-refractivity contribution < 1.29 is 9.47 Å². The molecule has 55 heavy (non-hydrogen) atoms. The van der Waals surface area contributed by atoms with Gasteiger partial charge in [-0.25, -0.2) is 0 Å². The molecule has 294 valence electrons. The zero-order valence-corrected chi connectivity index (χ0v) is 35.1. The lowest BCUT2D eigenvalue weighted by Gasteiger charge is -2.23. The van der Waals surface area contributed by atoms with E-state index in [1.54, 1.807) is 0 Å². The predicted octanol–water partition coefficient (Wildman–Crippen LogP) is 13.9. The van der Waals surface area contributed by atoms with E-state index in [0.29, 0.717) is 0 Å². The van der Waals surface area contributed by atoms with Crippen LogP contribution in [0.4, 0.5) is 0 Å². The zero-order chi connectivity index (χ0) is 38.9. The predicted molar refractivity (Wildman–Crippen MR) is 235 cm³/mol. The Morgan fingerprint density at radius 2 is 0.945 bits per heavy atom. The number of hydrogen-bond acceptors (Lipinski definition) is 2. The van der Waals surface area contributed by atoms with E-state index in [0.717, 1.165) is 86.0 Å². The van der Waals surface area contributed by atoms with Crippen LogP contribution in [0.15, 0.2) is 48.5 Å². The number of hydrogen-bond donors (Lipinski definition) is 0. The third kappa shape index (κ3) is 15.6. The summed E-state index contributed by atoms with van der Waals surface area (Å²) < 4.78 is 11.9. The van der Waals surface area contributed by atoms with E-state index in [2.05, 4.69) is 93.7 Å². The van der Waals surface area contributed by atoms with Crippen molar-refractivity contribution >= 4 is 0 Å². The van der Waals surface area contributed by atoms with Gasteiger partial charge in [0.15, 0.2) is 6.29 Å². The standard InChI is InChI=1S/C53H70O2/c1-6-11-15-19-25-45-40-50(46(39-44(45)10-5)26-20-16-12-7-2)34-35-51-42-47(27-21-17-13-8-3)49(41-48(51)28-22-18-14-9-4)33-30-43-31-36-52(37-32-43)55-53-29-23-24-38-54-53/h5,31-32,36-37,39-42,53H,6-9,11-29,38H2,1-4H3. The maximum Gasteiger partial charge on any atom is 0.199 e. The number of aryl methyl sites for hydroxylation is 4. The molecule has 2 heteroatoms. The normalized spacial score (nSPS) is 13.7. The number of ether oxygens (including phenoxy) is 2. The molecule has 0 saturated carbocycles. The zero-order valence-electron chi connectivity index (χ0n) is 35.1. The molecular formula is C53H70O2. The molecule has 0 aliphatic carbocycles. The second-order valence-electron chi connectivity index (χ2n) is 15.7. The van der Waals surface area contributed by atoms with Crippen LogP contribution in [0.5, 0.6) is 5.75 Å². The number of terminal acetylenes is 1. The highest BCUT2D eigenvalue weighted by molar-refractivity contribution is 5.58. The Hall–Kier alpha value is -3.90. The maximum absolute atomic E-state index is 6.11. The maximum atomic E-state index is 6.11. The van der Waals surface area contributed by atoms with Crippen LogP contribution >= 0.6 is 0 Å². The molecule has 1 atom stereocenters. The van der Waals surface area contributed by atoms with Crippen molar-refractivity contribution in [3.05, 3.63) is 98.6 Å². The van der Waals surface area contributed by atoms with Crippen LogP contribution in [-0.2, 0) is 30.4 Å².